The van der Waals surface area contributed by atoms with Gasteiger partial charge >= 0.3 is 0 Å². The molecule has 1 aliphatic rings. The molecule has 0 unspecified atom stereocenters. The van der Waals surface area contributed by atoms with Crippen LogP contribution in [0.5, 0.6) is 0 Å². The van der Waals surface area contributed by atoms with Crippen LogP contribution in [0.4, 0.5) is 0 Å². The summed E-state index contributed by atoms with van der Waals surface area (Å²) in [6, 6.07) is 0. The minimum atomic E-state index is -3.12. The maximum absolute atomic E-state index is 11.3. The summed E-state index contributed by atoms with van der Waals surface area (Å²) >= 11 is 0. The molecule has 0 bridgehead atoms. The molecule has 1 heterocycles. The standard InChI is InChI=1S/C8H11NO2S/c1-2-12(10,11)9-7-5-3-4-6-8-9/h3-8H,2H2,1H3. The van der Waals surface area contributed by atoms with Crippen LogP contribution in [0, 0.1) is 0 Å². The Kier molecular flexibility index (Phi) is 2.70. The smallest absolute Gasteiger partial charge is 0.238 e. The Morgan fingerprint density at radius 3 is 2.00 bits per heavy atom. The maximum atomic E-state index is 11.3. The van der Waals surface area contributed by atoms with Gasteiger partial charge in [-0.05, 0) is 19.1 Å². The predicted molar refractivity (Wildman–Crippen MR) is 48.7 cm³/mol. The quantitative estimate of drug-likeness (QED) is 0.649. The van der Waals surface area contributed by atoms with Gasteiger partial charge in [-0.25, -0.2) is 8.42 Å². The first-order chi connectivity index (χ1) is 5.67. The molecule has 12 heavy (non-hydrogen) atoms. The minimum Gasteiger partial charge on any atom is -0.253 e. The Morgan fingerprint density at radius 2 is 1.58 bits per heavy atom. The molecule has 0 fully saturated rings. The largest absolute Gasteiger partial charge is 0.253 e. The average Bonchev–Trinajstić information content (AvgIpc) is 2.32. The highest BCUT2D eigenvalue weighted by Gasteiger charge is 2.12. The summed E-state index contributed by atoms with van der Waals surface area (Å²) in [7, 11) is -3.12. The highest BCUT2D eigenvalue weighted by atomic mass is 32.2. The summed E-state index contributed by atoms with van der Waals surface area (Å²) in [6.07, 6.45) is 9.99. The van der Waals surface area contributed by atoms with E-state index in [0.29, 0.717) is 0 Å². The lowest BCUT2D eigenvalue weighted by molar-refractivity contribution is 0.554. The number of nitrogens with zero attached hydrogens (tertiary/aromatic N) is 1. The van der Waals surface area contributed by atoms with Crippen molar-refractivity contribution in [3.63, 3.8) is 0 Å². The van der Waals surface area contributed by atoms with E-state index in [1.54, 1.807) is 31.2 Å². The lowest BCUT2D eigenvalue weighted by Gasteiger charge is -2.12. The summed E-state index contributed by atoms with van der Waals surface area (Å²) in [5.41, 5.74) is 0. The van der Waals surface area contributed by atoms with Crippen molar-refractivity contribution in [3.05, 3.63) is 36.7 Å². The van der Waals surface area contributed by atoms with Crippen LogP contribution >= 0.6 is 0 Å². The Bertz CT molecular complexity index is 309. The van der Waals surface area contributed by atoms with Crippen LogP contribution in [0.15, 0.2) is 36.7 Å². The van der Waals surface area contributed by atoms with Gasteiger partial charge < -0.3 is 0 Å². The van der Waals surface area contributed by atoms with Crippen molar-refractivity contribution < 1.29 is 8.42 Å². The third kappa shape index (κ3) is 1.98. The van der Waals surface area contributed by atoms with Gasteiger partial charge in [0.1, 0.15) is 0 Å². The van der Waals surface area contributed by atoms with Crippen molar-refractivity contribution in [2.24, 2.45) is 0 Å². The van der Waals surface area contributed by atoms with Crippen LogP contribution in [0.25, 0.3) is 0 Å². The topological polar surface area (TPSA) is 37.4 Å². The second-order valence-electron chi connectivity index (χ2n) is 2.30. The highest BCUT2D eigenvalue weighted by Crippen LogP contribution is 2.05. The SMILES string of the molecule is CCS(=O)(=O)N1C=CC=CC=C1. The zero-order valence-electron chi connectivity index (χ0n) is 6.84. The Hall–Kier alpha value is -1.03. The highest BCUT2D eigenvalue weighted by molar-refractivity contribution is 7.89. The molecule has 0 radical (unpaired) electrons. The molecule has 66 valence electrons. The number of sulfonamides is 1. The third-order valence-electron chi connectivity index (χ3n) is 1.49. The van der Waals surface area contributed by atoms with E-state index >= 15 is 0 Å². The number of allylic oxidation sites excluding steroid dienone is 4. The van der Waals surface area contributed by atoms with Crippen LogP contribution in [-0.2, 0) is 10.0 Å². The van der Waals surface area contributed by atoms with Gasteiger partial charge in [0.15, 0.2) is 0 Å². The van der Waals surface area contributed by atoms with Crippen LogP contribution in [0.3, 0.4) is 0 Å². The van der Waals surface area contributed by atoms with Crippen LogP contribution < -0.4 is 0 Å². The van der Waals surface area contributed by atoms with Gasteiger partial charge in [0.2, 0.25) is 10.0 Å². The predicted octanol–water partition coefficient (Wildman–Crippen LogP) is 1.24. The zero-order chi connectivity index (χ0) is 9.03. The van der Waals surface area contributed by atoms with E-state index in [4.69, 9.17) is 0 Å². The summed E-state index contributed by atoms with van der Waals surface area (Å²) in [4.78, 5) is 0. The molecule has 0 amide bonds. The fraction of sp³-hybridized carbons (Fsp3) is 0.250. The van der Waals surface area contributed by atoms with Crippen LogP contribution in [0.2, 0.25) is 0 Å². The Balaban J connectivity index is 2.91. The molecule has 3 nitrogen and oxygen atoms in total. The van der Waals surface area contributed by atoms with Crippen molar-refractivity contribution >= 4 is 10.0 Å². The van der Waals surface area contributed by atoms with E-state index in [9.17, 15) is 8.42 Å². The van der Waals surface area contributed by atoms with Crippen LogP contribution in [0.1, 0.15) is 6.92 Å². The normalized spacial score (nSPS) is 16.6. The summed E-state index contributed by atoms with van der Waals surface area (Å²) in [5, 5.41) is 0. The fourth-order valence-electron chi connectivity index (χ4n) is 0.782. The Labute approximate surface area is 72.7 Å². The molecular formula is C8H11NO2S. The van der Waals surface area contributed by atoms with Gasteiger partial charge in [0.25, 0.3) is 0 Å². The fourth-order valence-corrected chi connectivity index (χ4v) is 1.59. The maximum Gasteiger partial charge on any atom is 0.238 e. The van der Waals surface area contributed by atoms with Crippen molar-refractivity contribution in [1.82, 2.24) is 4.31 Å². The molecule has 0 aliphatic carbocycles. The molecule has 4 heteroatoms. The molecule has 0 aromatic heterocycles. The van der Waals surface area contributed by atoms with Crippen molar-refractivity contribution in [3.8, 4) is 0 Å². The van der Waals surface area contributed by atoms with Crippen molar-refractivity contribution in [2.75, 3.05) is 5.75 Å². The first kappa shape index (κ1) is 9.06. The van der Waals surface area contributed by atoms with E-state index in [0.717, 1.165) is 0 Å². The van der Waals surface area contributed by atoms with Gasteiger partial charge in [-0.1, -0.05) is 12.2 Å². The van der Waals surface area contributed by atoms with Crippen LogP contribution in [-0.4, -0.2) is 18.5 Å². The monoisotopic (exact) mass is 185 g/mol. The molecule has 0 aromatic rings. The first-order valence-corrected chi connectivity index (χ1v) is 5.30. The molecule has 0 spiro atoms. The summed E-state index contributed by atoms with van der Waals surface area (Å²) < 4.78 is 23.8. The summed E-state index contributed by atoms with van der Waals surface area (Å²) in [5.74, 6) is 0.113. The van der Waals surface area contributed by atoms with Gasteiger partial charge in [-0.3, -0.25) is 4.31 Å². The van der Waals surface area contributed by atoms with Crippen molar-refractivity contribution in [1.29, 1.82) is 0 Å². The molecule has 0 aromatic carbocycles. The Morgan fingerprint density at radius 1 is 1.08 bits per heavy atom. The van der Waals surface area contributed by atoms with E-state index in [2.05, 4.69) is 0 Å². The minimum absolute atomic E-state index is 0.113. The lowest BCUT2D eigenvalue weighted by atomic mass is 10.5. The number of rotatable bonds is 2. The van der Waals surface area contributed by atoms with Gasteiger partial charge in [-0.15, -0.1) is 0 Å². The van der Waals surface area contributed by atoms with E-state index in [-0.39, 0.29) is 5.75 Å². The van der Waals surface area contributed by atoms with Gasteiger partial charge in [0, 0.05) is 12.4 Å². The molecule has 0 saturated carbocycles. The first-order valence-electron chi connectivity index (χ1n) is 3.69. The van der Waals surface area contributed by atoms with Gasteiger partial charge in [0.05, 0.1) is 5.75 Å². The molecule has 0 saturated heterocycles. The molecule has 0 atom stereocenters. The van der Waals surface area contributed by atoms with E-state index in [1.807, 2.05) is 0 Å². The van der Waals surface area contributed by atoms with Crippen molar-refractivity contribution in [2.45, 2.75) is 6.92 Å². The van der Waals surface area contributed by atoms with E-state index in [1.165, 1.54) is 16.7 Å². The second kappa shape index (κ2) is 3.58. The van der Waals surface area contributed by atoms with Gasteiger partial charge in [-0.2, -0.15) is 0 Å². The molecular weight excluding hydrogens is 174 g/mol. The average molecular weight is 185 g/mol. The zero-order valence-corrected chi connectivity index (χ0v) is 7.66. The molecule has 1 rings (SSSR count). The van der Waals surface area contributed by atoms with E-state index < -0.39 is 10.0 Å². The molecule has 0 N–H and O–H groups in total. The molecule has 1 aliphatic heterocycles. The second-order valence-corrected chi connectivity index (χ2v) is 4.46. The lowest BCUT2D eigenvalue weighted by Crippen LogP contribution is -2.21. The number of hydrogen-bond acceptors (Lipinski definition) is 2. The third-order valence-corrected chi connectivity index (χ3v) is 3.10. The summed E-state index contributed by atoms with van der Waals surface area (Å²) in [6.45, 7) is 1.62. The number of hydrogen-bond donors (Lipinski definition) is 0.